The molecule has 1 heterocycles. The fraction of sp³-hybridized carbons (Fsp3) is 1.00. The number of fused-ring (bicyclic) bond motifs is 1. The molecule has 0 bridgehead atoms. The van der Waals surface area contributed by atoms with E-state index in [1.165, 1.54) is 13.8 Å². The predicted molar refractivity (Wildman–Crippen MR) is 62.3 cm³/mol. The van der Waals surface area contributed by atoms with E-state index in [1.807, 2.05) is 0 Å². The maximum absolute atomic E-state index is 10.2. The average Bonchev–Trinajstić information content (AvgIpc) is 2.53. The molecule has 2 aliphatic rings. The summed E-state index contributed by atoms with van der Waals surface area (Å²) in [4.78, 5) is 0. The van der Waals surface area contributed by atoms with Crippen LogP contribution in [0.3, 0.4) is 0 Å². The lowest BCUT2D eigenvalue weighted by molar-refractivity contribution is -0.165. The lowest BCUT2D eigenvalue weighted by Crippen LogP contribution is -2.55. The Bertz CT molecular complexity index is 244. The molecule has 2 atom stereocenters. The minimum Gasteiger partial charge on any atom is -0.393 e. The summed E-state index contributed by atoms with van der Waals surface area (Å²) in [5.74, 6) is -1.50. The maximum atomic E-state index is 10.2. The van der Waals surface area contributed by atoms with E-state index in [0.717, 1.165) is 25.7 Å². The normalized spacial score (nSPS) is 37.1. The molecule has 5 nitrogen and oxygen atoms in total. The molecule has 1 aliphatic carbocycles. The Morgan fingerprint density at radius 2 is 1.65 bits per heavy atom. The molecule has 2 fully saturated rings. The summed E-state index contributed by atoms with van der Waals surface area (Å²) < 4.78 is 5.50. The van der Waals surface area contributed by atoms with Crippen LogP contribution in [-0.4, -0.2) is 50.6 Å². The highest BCUT2D eigenvalue weighted by Gasteiger charge is 2.56. The van der Waals surface area contributed by atoms with Crippen molar-refractivity contribution < 1.29 is 25.2 Å². The third-order valence-electron chi connectivity index (χ3n) is 3.42. The molecule has 1 saturated heterocycles. The highest BCUT2D eigenvalue weighted by Crippen LogP contribution is 2.46. The van der Waals surface area contributed by atoms with E-state index >= 15 is 0 Å². The van der Waals surface area contributed by atoms with Gasteiger partial charge in [0.05, 0.1) is 18.8 Å². The van der Waals surface area contributed by atoms with Crippen molar-refractivity contribution in [1.82, 2.24) is 0 Å². The fourth-order valence-electron chi connectivity index (χ4n) is 2.53. The second-order valence-electron chi connectivity index (χ2n) is 5.48. The molecular formula is C12H24O5. The zero-order valence-corrected chi connectivity index (χ0v) is 10.6. The summed E-state index contributed by atoms with van der Waals surface area (Å²) in [5, 5.41) is 35.6. The van der Waals surface area contributed by atoms with E-state index < -0.39 is 17.0 Å². The van der Waals surface area contributed by atoms with Gasteiger partial charge in [0, 0.05) is 6.42 Å². The first-order valence-corrected chi connectivity index (χ1v) is 6.14. The Kier molecular flexibility index (Phi) is 4.54. The lowest BCUT2D eigenvalue weighted by atomic mass is 9.72. The molecule has 0 aromatic heterocycles. The second kappa shape index (κ2) is 5.20. The largest absolute Gasteiger partial charge is 0.393 e. The number of aliphatic hydroxyl groups is 4. The molecule has 5 heteroatoms. The summed E-state index contributed by atoms with van der Waals surface area (Å²) in [6, 6.07) is 0. The number of rotatable bonds is 1. The first kappa shape index (κ1) is 14.9. The lowest BCUT2D eigenvalue weighted by Gasteiger charge is -2.43. The van der Waals surface area contributed by atoms with Gasteiger partial charge < -0.3 is 25.2 Å². The number of hydrogen-bond acceptors (Lipinski definition) is 5. The molecule has 4 N–H and O–H groups in total. The second-order valence-corrected chi connectivity index (χ2v) is 5.48. The van der Waals surface area contributed by atoms with Crippen molar-refractivity contribution in [3.8, 4) is 0 Å². The highest BCUT2D eigenvalue weighted by molar-refractivity contribution is 5.07. The van der Waals surface area contributed by atoms with Crippen LogP contribution >= 0.6 is 0 Å². The van der Waals surface area contributed by atoms with Gasteiger partial charge >= 0.3 is 0 Å². The predicted octanol–water partition coefficient (Wildman–Crippen LogP) is 0.150. The van der Waals surface area contributed by atoms with Gasteiger partial charge in [0.1, 0.15) is 5.60 Å². The SMILES string of the molecule is CC(C)(O)O.OCC12CCCCC1(O)CCO2. The highest BCUT2D eigenvalue weighted by atomic mass is 16.5. The van der Waals surface area contributed by atoms with Crippen molar-refractivity contribution in [3.05, 3.63) is 0 Å². The van der Waals surface area contributed by atoms with Crippen molar-refractivity contribution >= 4 is 0 Å². The zero-order valence-electron chi connectivity index (χ0n) is 10.6. The summed E-state index contributed by atoms with van der Waals surface area (Å²) in [5.41, 5.74) is -1.36. The average molecular weight is 248 g/mol. The molecule has 0 amide bonds. The van der Waals surface area contributed by atoms with Crippen molar-refractivity contribution in [2.24, 2.45) is 0 Å². The van der Waals surface area contributed by atoms with Gasteiger partial charge in [0.2, 0.25) is 0 Å². The molecule has 0 radical (unpaired) electrons. The van der Waals surface area contributed by atoms with Crippen LogP contribution in [0.25, 0.3) is 0 Å². The molecule has 1 saturated carbocycles. The first-order valence-electron chi connectivity index (χ1n) is 6.14. The van der Waals surface area contributed by atoms with Gasteiger partial charge in [0.25, 0.3) is 0 Å². The van der Waals surface area contributed by atoms with E-state index in [2.05, 4.69) is 0 Å². The maximum Gasteiger partial charge on any atom is 0.156 e. The molecule has 0 aromatic carbocycles. The van der Waals surface area contributed by atoms with Crippen LogP contribution in [0.5, 0.6) is 0 Å². The van der Waals surface area contributed by atoms with Gasteiger partial charge in [-0.3, -0.25) is 0 Å². The third kappa shape index (κ3) is 3.63. The smallest absolute Gasteiger partial charge is 0.156 e. The minimum atomic E-state index is -1.50. The molecule has 1 aliphatic heterocycles. The molecule has 2 rings (SSSR count). The molecule has 17 heavy (non-hydrogen) atoms. The molecule has 0 aromatic rings. The molecular weight excluding hydrogens is 224 g/mol. The Morgan fingerprint density at radius 3 is 2.12 bits per heavy atom. The van der Waals surface area contributed by atoms with Crippen molar-refractivity contribution in [1.29, 1.82) is 0 Å². The Balaban J connectivity index is 0.000000249. The van der Waals surface area contributed by atoms with E-state index in [4.69, 9.17) is 14.9 Å². The Hall–Kier alpha value is -0.200. The quantitative estimate of drug-likeness (QED) is 0.496. The van der Waals surface area contributed by atoms with Gasteiger partial charge in [-0.1, -0.05) is 12.8 Å². The number of ether oxygens (including phenoxy) is 1. The van der Waals surface area contributed by atoms with Crippen molar-refractivity contribution in [2.45, 2.75) is 62.9 Å². The summed E-state index contributed by atoms with van der Waals surface area (Å²) in [6.45, 7) is 3.15. The zero-order chi connectivity index (χ0) is 13.2. The van der Waals surface area contributed by atoms with Crippen LogP contribution in [0.15, 0.2) is 0 Å². The van der Waals surface area contributed by atoms with Crippen LogP contribution < -0.4 is 0 Å². The monoisotopic (exact) mass is 248 g/mol. The molecule has 2 unspecified atom stereocenters. The van der Waals surface area contributed by atoms with Crippen LogP contribution in [0.4, 0.5) is 0 Å². The first-order chi connectivity index (χ1) is 7.72. The van der Waals surface area contributed by atoms with Gasteiger partial charge in [-0.05, 0) is 26.7 Å². The van der Waals surface area contributed by atoms with Crippen LogP contribution in [-0.2, 0) is 4.74 Å². The van der Waals surface area contributed by atoms with Crippen molar-refractivity contribution in [2.75, 3.05) is 13.2 Å². The molecule has 0 spiro atoms. The van der Waals surface area contributed by atoms with E-state index in [1.54, 1.807) is 0 Å². The van der Waals surface area contributed by atoms with E-state index in [0.29, 0.717) is 13.0 Å². The summed E-state index contributed by atoms with van der Waals surface area (Å²) >= 11 is 0. The van der Waals surface area contributed by atoms with Gasteiger partial charge in [-0.2, -0.15) is 0 Å². The number of hydrogen-bond donors (Lipinski definition) is 4. The van der Waals surface area contributed by atoms with Crippen LogP contribution in [0, 0.1) is 0 Å². The number of aliphatic hydroxyl groups excluding tert-OH is 1. The van der Waals surface area contributed by atoms with E-state index in [9.17, 15) is 10.2 Å². The Morgan fingerprint density at radius 1 is 1.12 bits per heavy atom. The van der Waals surface area contributed by atoms with Crippen LogP contribution in [0.2, 0.25) is 0 Å². The van der Waals surface area contributed by atoms with E-state index in [-0.39, 0.29) is 6.61 Å². The van der Waals surface area contributed by atoms with Gasteiger partial charge in [-0.15, -0.1) is 0 Å². The van der Waals surface area contributed by atoms with Gasteiger partial charge in [0.15, 0.2) is 5.79 Å². The standard InChI is InChI=1S/C9H16O3.C3H8O2/c10-7-9-4-2-1-3-8(9,11)5-6-12-9;1-3(2,4)5/h10-11H,1-7H2;4-5H,1-2H3. The fourth-order valence-corrected chi connectivity index (χ4v) is 2.53. The summed E-state index contributed by atoms with van der Waals surface area (Å²) in [7, 11) is 0. The topological polar surface area (TPSA) is 90.2 Å². The third-order valence-corrected chi connectivity index (χ3v) is 3.42. The van der Waals surface area contributed by atoms with Crippen LogP contribution in [0.1, 0.15) is 46.0 Å². The molecule has 102 valence electrons. The summed E-state index contributed by atoms with van der Waals surface area (Å²) in [6.07, 6.45) is 4.39. The van der Waals surface area contributed by atoms with Crippen molar-refractivity contribution in [3.63, 3.8) is 0 Å². The van der Waals surface area contributed by atoms with Gasteiger partial charge in [-0.25, -0.2) is 0 Å². The minimum absolute atomic E-state index is 0.0382. The Labute approximate surface area is 102 Å².